The van der Waals surface area contributed by atoms with Crippen molar-refractivity contribution in [2.45, 2.75) is 39.2 Å². The highest BCUT2D eigenvalue weighted by molar-refractivity contribution is 5.87. The van der Waals surface area contributed by atoms with Gasteiger partial charge in [-0.25, -0.2) is 0 Å². The maximum absolute atomic E-state index is 11.9. The minimum atomic E-state index is -0.465. The molecule has 0 saturated heterocycles. The molecular weight excluding hydrogens is 254 g/mol. The third-order valence-electron chi connectivity index (χ3n) is 3.32. The fraction of sp³-hybridized carbons (Fsp3) is 0.438. The summed E-state index contributed by atoms with van der Waals surface area (Å²) in [5.74, 6) is -0.0940. The van der Waals surface area contributed by atoms with E-state index in [2.05, 4.69) is 5.32 Å². The number of aryl methyl sites for hydroxylation is 1. The van der Waals surface area contributed by atoms with Crippen LogP contribution in [0.1, 0.15) is 30.9 Å². The van der Waals surface area contributed by atoms with E-state index < -0.39 is 6.10 Å². The van der Waals surface area contributed by atoms with Gasteiger partial charge in [-0.05, 0) is 25.0 Å². The molecule has 0 radical (unpaired) electrons. The van der Waals surface area contributed by atoms with Crippen molar-refractivity contribution in [3.05, 3.63) is 35.6 Å². The second kappa shape index (κ2) is 6.57. The highest BCUT2D eigenvalue weighted by Crippen LogP contribution is 2.22. The van der Waals surface area contributed by atoms with E-state index in [0.29, 0.717) is 13.0 Å². The largest absolute Gasteiger partial charge is 0.464 e. The van der Waals surface area contributed by atoms with Gasteiger partial charge in [-0.2, -0.15) is 0 Å². The molecule has 0 saturated carbocycles. The van der Waals surface area contributed by atoms with Gasteiger partial charge >= 0.3 is 0 Å². The van der Waals surface area contributed by atoms with Crippen molar-refractivity contribution in [1.82, 2.24) is 5.32 Å². The molecule has 1 aromatic carbocycles. The normalized spacial score (nSPS) is 12.6. The molecule has 0 aliphatic heterocycles. The Balaban J connectivity index is 1.96. The first-order valence-corrected chi connectivity index (χ1v) is 7.01. The van der Waals surface area contributed by atoms with E-state index in [9.17, 15) is 9.90 Å². The molecule has 0 aliphatic carbocycles. The van der Waals surface area contributed by atoms with Crippen molar-refractivity contribution >= 4 is 16.9 Å². The number of amides is 1. The molecule has 0 bridgehead atoms. The van der Waals surface area contributed by atoms with Crippen molar-refractivity contribution in [2.75, 3.05) is 6.54 Å². The number of furan rings is 1. The number of fused-ring (bicyclic) bond motifs is 1. The molecule has 1 heterocycles. The molecule has 4 heteroatoms. The molecule has 0 spiro atoms. The zero-order valence-electron chi connectivity index (χ0n) is 12.0. The lowest BCUT2D eigenvalue weighted by Gasteiger charge is -2.10. The number of rotatable bonds is 6. The number of carbonyl (C=O) groups is 1. The molecular formula is C16H21NO3. The van der Waals surface area contributed by atoms with Crippen LogP contribution in [0.4, 0.5) is 0 Å². The van der Waals surface area contributed by atoms with Crippen molar-refractivity contribution in [1.29, 1.82) is 0 Å². The van der Waals surface area contributed by atoms with Gasteiger partial charge in [0.1, 0.15) is 5.58 Å². The van der Waals surface area contributed by atoms with Crippen LogP contribution >= 0.6 is 0 Å². The summed E-state index contributed by atoms with van der Waals surface area (Å²) >= 11 is 0. The van der Waals surface area contributed by atoms with Gasteiger partial charge in [-0.3, -0.25) is 4.79 Å². The Morgan fingerprint density at radius 2 is 2.25 bits per heavy atom. The molecule has 0 aliphatic rings. The van der Waals surface area contributed by atoms with Crippen LogP contribution in [0.3, 0.4) is 0 Å². The molecule has 20 heavy (non-hydrogen) atoms. The Labute approximate surface area is 118 Å². The fourth-order valence-corrected chi connectivity index (χ4v) is 2.23. The number of carbonyl (C=O) groups excluding carboxylic acids is 1. The Hall–Kier alpha value is -1.81. The van der Waals surface area contributed by atoms with Crippen molar-refractivity contribution in [3.63, 3.8) is 0 Å². The summed E-state index contributed by atoms with van der Waals surface area (Å²) < 4.78 is 5.47. The number of nitrogens with one attached hydrogen (secondary N) is 1. The van der Waals surface area contributed by atoms with Crippen LogP contribution in [-0.2, 0) is 11.2 Å². The molecule has 2 N–H and O–H groups in total. The smallest absolute Gasteiger partial charge is 0.224 e. The predicted molar refractivity (Wildman–Crippen MR) is 78.6 cm³/mol. The fourth-order valence-electron chi connectivity index (χ4n) is 2.23. The quantitative estimate of drug-likeness (QED) is 0.851. The number of benzene rings is 1. The molecule has 2 rings (SSSR count). The van der Waals surface area contributed by atoms with E-state index in [1.165, 1.54) is 0 Å². The monoisotopic (exact) mass is 275 g/mol. The summed E-state index contributed by atoms with van der Waals surface area (Å²) in [6, 6.07) is 5.94. The molecule has 4 nitrogen and oxygen atoms in total. The third-order valence-corrected chi connectivity index (χ3v) is 3.32. The molecule has 0 fully saturated rings. The Morgan fingerprint density at radius 1 is 1.45 bits per heavy atom. The van der Waals surface area contributed by atoms with E-state index >= 15 is 0 Å². The van der Waals surface area contributed by atoms with Crippen LogP contribution in [0.2, 0.25) is 0 Å². The summed E-state index contributed by atoms with van der Waals surface area (Å²) in [7, 11) is 0. The van der Waals surface area contributed by atoms with Gasteiger partial charge in [-0.15, -0.1) is 0 Å². The number of hydrogen-bond donors (Lipinski definition) is 2. The van der Waals surface area contributed by atoms with Gasteiger partial charge < -0.3 is 14.8 Å². The zero-order chi connectivity index (χ0) is 14.5. The standard InChI is InChI=1S/C16H21NO3/c1-3-4-13(18)9-17-16(19)8-12-10-20-15-7-11(2)5-6-14(12)15/h5-7,10,13,18H,3-4,8-9H2,1-2H3,(H,17,19). The first kappa shape index (κ1) is 14.6. The van der Waals surface area contributed by atoms with E-state index in [1.54, 1.807) is 6.26 Å². The minimum absolute atomic E-state index is 0.0940. The number of aliphatic hydroxyl groups is 1. The molecule has 1 unspecified atom stereocenters. The molecule has 1 aromatic heterocycles. The number of hydrogen-bond acceptors (Lipinski definition) is 3. The first-order chi connectivity index (χ1) is 9.60. The zero-order valence-corrected chi connectivity index (χ0v) is 12.0. The van der Waals surface area contributed by atoms with Gasteiger partial charge in [0.25, 0.3) is 0 Å². The number of aliphatic hydroxyl groups excluding tert-OH is 1. The average Bonchev–Trinajstić information content (AvgIpc) is 2.79. The molecule has 108 valence electrons. The van der Waals surface area contributed by atoms with Gasteiger partial charge in [0.15, 0.2) is 0 Å². The van der Waals surface area contributed by atoms with Crippen LogP contribution in [0.15, 0.2) is 28.9 Å². The predicted octanol–water partition coefficient (Wildman–Crippen LogP) is 2.56. The second-order valence-corrected chi connectivity index (χ2v) is 5.18. The lowest BCUT2D eigenvalue weighted by Crippen LogP contribution is -2.32. The van der Waals surface area contributed by atoms with Crippen molar-refractivity contribution in [3.8, 4) is 0 Å². The highest BCUT2D eigenvalue weighted by atomic mass is 16.3. The van der Waals surface area contributed by atoms with Crippen LogP contribution in [-0.4, -0.2) is 23.7 Å². The van der Waals surface area contributed by atoms with E-state index in [1.807, 2.05) is 32.0 Å². The molecule has 1 amide bonds. The van der Waals surface area contributed by atoms with Gasteiger partial charge in [0.2, 0.25) is 5.91 Å². The van der Waals surface area contributed by atoms with Crippen LogP contribution < -0.4 is 5.32 Å². The van der Waals surface area contributed by atoms with Gasteiger partial charge in [-0.1, -0.05) is 25.5 Å². The van der Waals surface area contributed by atoms with Crippen LogP contribution in [0.25, 0.3) is 11.0 Å². The SMILES string of the molecule is CCCC(O)CNC(=O)Cc1coc2cc(C)ccc12. The van der Waals surface area contributed by atoms with Gasteiger partial charge in [0, 0.05) is 17.5 Å². The summed E-state index contributed by atoms with van der Waals surface area (Å²) in [5.41, 5.74) is 2.81. The van der Waals surface area contributed by atoms with E-state index in [0.717, 1.165) is 28.5 Å². The Bertz CT molecular complexity index is 588. The van der Waals surface area contributed by atoms with Crippen molar-refractivity contribution < 1.29 is 14.3 Å². The Kier molecular flexibility index (Phi) is 4.79. The van der Waals surface area contributed by atoms with E-state index in [4.69, 9.17) is 4.42 Å². The second-order valence-electron chi connectivity index (χ2n) is 5.18. The first-order valence-electron chi connectivity index (χ1n) is 7.01. The molecule has 2 aromatic rings. The van der Waals surface area contributed by atoms with Gasteiger partial charge in [0.05, 0.1) is 18.8 Å². The van der Waals surface area contributed by atoms with E-state index in [-0.39, 0.29) is 12.3 Å². The summed E-state index contributed by atoms with van der Waals surface area (Å²) in [6.45, 7) is 4.32. The molecule has 1 atom stereocenters. The van der Waals surface area contributed by atoms with Crippen LogP contribution in [0.5, 0.6) is 0 Å². The highest BCUT2D eigenvalue weighted by Gasteiger charge is 2.11. The lowest BCUT2D eigenvalue weighted by molar-refractivity contribution is -0.120. The Morgan fingerprint density at radius 3 is 3.00 bits per heavy atom. The lowest BCUT2D eigenvalue weighted by atomic mass is 10.1. The summed E-state index contributed by atoms with van der Waals surface area (Å²) in [5, 5.41) is 13.3. The van der Waals surface area contributed by atoms with Crippen LogP contribution in [0, 0.1) is 6.92 Å². The maximum atomic E-state index is 11.9. The summed E-state index contributed by atoms with van der Waals surface area (Å²) in [4.78, 5) is 11.9. The topological polar surface area (TPSA) is 62.5 Å². The maximum Gasteiger partial charge on any atom is 0.224 e. The minimum Gasteiger partial charge on any atom is -0.464 e. The average molecular weight is 275 g/mol. The third kappa shape index (κ3) is 3.61. The van der Waals surface area contributed by atoms with Crippen molar-refractivity contribution in [2.24, 2.45) is 0 Å². The summed E-state index contributed by atoms with van der Waals surface area (Å²) in [6.07, 6.45) is 3.05.